The highest BCUT2D eigenvalue weighted by molar-refractivity contribution is 6.16. The van der Waals surface area contributed by atoms with Crippen molar-refractivity contribution >= 4 is 11.6 Å². The molecule has 1 aromatic heterocycles. The van der Waals surface area contributed by atoms with Gasteiger partial charge in [-0.25, -0.2) is 0 Å². The Morgan fingerprint density at radius 1 is 1.57 bits per heavy atom. The maximum absolute atomic E-state index is 11.3. The number of ether oxygens (including phenoxy) is 1. The Hall–Kier alpha value is -0.960. The van der Waals surface area contributed by atoms with Crippen LogP contribution in [0.5, 0.6) is 5.75 Å². The molecule has 3 nitrogen and oxygen atoms in total. The van der Waals surface area contributed by atoms with Crippen molar-refractivity contribution in [2.75, 3.05) is 6.61 Å². The molecule has 1 heterocycles. The van der Waals surface area contributed by atoms with E-state index in [2.05, 4.69) is 6.92 Å². The van der Waals surface area contributed by atoms with E-state index in [0.29, 0.717) is 12.4 Å². The molecule has 0 unspecified atom stereocenters. The highest BCUT2D eigenvalue weighted by atomic mass is 35.5. The van der Waals surface area contributed by atoms with Crippen molar-refractivity contribution in [2.45, 2.75) is 25.6 Å². The molecule has 0 fully saturated rings. The Kier molecular flexibility index (Phi) is 4.53. The molecular weight excluding hydrogens is 204 g/mol. The van der Waals surface area contributed by atoms with Gasteiger partial charge in [0.05, 0.1) is 12.5 Å². The first-order valence-corrected chi connectivity index (χ1v) is 5.12. The molecule has 0 aliphatic rings. The lowest BCUT2D eigenvalue weighted by molar-refractivity contribution is 0.294. The molecule has 4 heteroatoms. The highest BCUT2D eigenvalue weighted by Crippen LogP contribution is 2.08. The smallest absolute Gasteiger partial charge is 0.227 e. The van der Waals surface area contributed by atoms with Crippen molar-refractivity contribution in [3.05, 3.63) is 28.3 Å². The number of unbranched alkanes of at least 4 members (excludes halogenated alkanes) is 1. The van der Waals surface area contributed by atoms with Crippen LogP contribution < -0.4 is 10.2 Å². The average Bonchev–Trinajstić information content (AvgIpc) is 2.20. The second-order valence-corrected chi connectivity index (χ2v) is 3.18. The van der Waals surface area contributed by atoms with Gasteiger partial charge in [-0.15, -0.1) is 11.6 Å². The molecule has 0 saturated carbocycles. The fourth-order valence-corrected chi connectivity index (χ4v) is 1.08. The minimum atomic E-state index is -0.178. The summed E-state index contributed by atoms with van der Waals surface area (Å²) in [4.78, 5) is 11.3. The van der Waals surface area contributed by atoms with E-state index in [1.165, 1.54) is 12.3 Å². The third-order valence-corrected chi connectivity index (χ3v) is 2.00. The lowest BCUT2D eigenvalue weighted by atomic mass is 10.3. The number of rotatable bonds is 5. The quantitative estimate of drug-likeness (QED) is 0.561. The summed E-state index contributed by atoms with van der Waals surface area (Å²) in [5, 5.41) is 0. The predicted octanol–water partition coefficient (Wildman–Crippen LogP) is 2.56. The molecule has 0 aliphatic carbocycles. The van der Waals surface area contributed by atoms with Crippen molar-refractivity contribution in [3.8, 4) is 5.75 Å². The SMILES string of the molecule is CCCCOc1coc(CCl)cc1=O. The van der Waals surface area contributed by atoms with Crippen molar-refractivity contribution in [1.29, 1.82) is 0 Å². The Morgan fingerprint density at radius 2 is 2.36 bits per heavy atom. The average molecular weight is 217 g/mol. The monoisotopic (exact) mass is 216 g/mol. The third kappa shape index (κ3) is 3.07. The minimum absolute atomic E-state index is 0.178. The summed E-state index contributed by atoms with van der Waals surface area (Å²) in [6.07, 6.45) is 3.28. The standard InChI is InChI=1S/C10H13ClO3/c1-2-3-4-13-10-7-14-8(6-11)5-9(10)12/h5,7H,2-4,6H2,1H3. The summed E-state index contributed by atoms with van der Waals surface area (Å²) in [5.74, 6) is 0.914. The fraction of sp³-hybridized carbons (Fsp3) is 0.500. The van der Waals surface area contributed by atoms with Crippen molar-refractivity contribution in [1.82, 2.24) is 0 Å². The molecule has 78 valence electrons. The molecule has 0 bridgehead atoms. The predicted molar refractivity (Wildman–Crippen MR) is 54.9 cm³/mol. The molecule has 0 aromatic carbocycles. The van der Waals surface area contributed by atoms with Gasteiger partial charge in [-0.2, -0.15) is 0 Å². The molecule has 1 aromatic rings. The molecule has 1 rings (SSSR count). The van der Waals surface area contributed by atoms with Gasteiger partial charge in [0.1, 0.15) is 12.0 Å². The Labute approximate surface area is 87.6 Å². The number of hydrogen-bond donors (Lipinski definition) is 0. The Balaban J connectivity index is 2.64. The van der Waals surface area contributed by atoms with Crippen LogP contribution in [0.3, 0.4) is 0 Å². The van der Waals surface area contributed by atoms with Crippen molar-refractivity contribution < 1.29 is 9.15 Å². The maximum atomic E-state index is 11.3. The van der Waals surface area contributed by atoms with Gasteiger partial charge in [0.2, 0.25) is 11.2 Å². The van der Waals surface area contributed by atoms with Gasteiger partial charge < -0.3 is 9.15 Å². The largest absolute Gasteiger partial charge is 0.487 e. The van der Waals surface area contributed by atoms with Crippen LogP contribution in [-0.4, -0.2) is 6.61 Å². The van der Waals surface area contributed by atoms with Crippen LogP contribution in [0, 0.1) is 0 Å². The number of alkyl halides is 1. The summed E-state index contributed by atoms with van der Waals surface area (Å²) in [7, 11) is 0. The molecule has 0 atom stereocenters. The van der Waals surface area contributed by atoms with Gasteiger partial charge >= 0.3 is 0 Å². The first-order chi connectivity index (χ1) is 6.77. The highest BCUT2D eigenvalue weighted by Gasteiger charge is 2.03. The summed E-state index contributed by atoms with van der Waals surface area (Å²) in [5.41, 5.74) is -0.178. The van der Waals surface area contributed by atoms with E-state index in [4.69, 9.17) is 20.8 Å². The third-order valence-electron chi connectivity index (χ3n) is 1.74. The van der Waals surface area contributed by atoms with Crippen LogP contribution in [0.25, 0.3) is 0 Å². The van der Waals surface area contributed by atoms with Gasteiger partial charge in [-0.1, -0.05) is 13.3 Å². The first kappa shape index (κ1) is 11.1. The lowest BCUT2D eigenvalue weighted by Crippen LogP contribution is -2.08. The van der Waals surface area contributed by atoms with Gasteiger partial charge in [0.15, 0.2) is 0 Å². The second-order valence-electron chi connectivity index (χ2n) is 2.91. The summed E-state index contributed by atoms with van der Waals surface area (Å²) >= 11 is 5.50. The van der Waals surface area contributed by atoms with Gasteiger partial charge in [0, 0.05) is 6.07 Å². The molecule has 0 saturated heterocycles. The summed E-state index contributed by atoms with van der Waals surface area (Å²) < 4.78 is 10.3. The van der Waals surface area contributed by atoms with Gasteiger partial charge in [-0.05, 0) is 6.42 Å². The number of halogens is 1. The van der Waals surface area contributed by atoms with Crippen LogP contribution in [0.2, 0.25) is 0 Å². The fourth-order valence-electron chi connectivity index (χ4n) is 0.940. The van der Waals surface area contributed by atoms with E-state index in [9.17, 15) is 4.79 Å². The molecular formula is C10H13ClO3. The molecule has 0 amide bonds. The maximum Gasteiger partial charge on any atom is 0.227 e. The van der Waals surface area contributed by atoms with E-state index >= 15 is 0 Å². The zero-order valence-electron chi connectivity index (χ0n) is 8.09. The van der Waals surface area contributed by atoms with Crippen LogP contribution in [0.1, 0.15) is 25.5 Å². The topological polar surface area (TPSA) is 39.4 Å². The first-order valence-electron chi connectivity index (χ1n) is 4.58. The van der Waals surface area contributed by atoms with E-state index < -0.39 is 0 Å². The minimum Gasteiger partial charge on any atom is -0.487 e. The zero-order valence-corrected chi connectivity index (χ0v) is 8.84. The van der Waals surface area contributed by atoms with Crippen molar-refractivity contribution in [3.63, 3.8) is 0 Å². The number of hydrogen-bond acceptors (Lipinski definition) is 3. The molecule has 0 spiro atoms. The second kappa shape index (κ2) is 5.70. The zero-order chi connectivity index (χ0) is 10.4. The van der Waals surface area contributed by atoms with E-state index in [1.807, 2.05) is 0 Å². The van der Waals surface area contributed by atoms with E-state index in [0.717, 1.165) is 12.8 Å². The van der Waals surface area contributed by atoms with Crippen LogP contribution >= 0.6 is 11.6 Å². The molecule has 0 N–H and O–H groups in total. The molecule has 0 radical (unpaired) electrons. The van der Waals surface area contributed by atoms with Crippen LogP contribution in [0.15, 0.2) is 21.5 Å². The molecule has 14 heavy (non-hydrogen) atoms. The van der Waals surface area contributed by atoms with Gasteiger partial charge in [0.25, 0.3) is 0 Å². The van der Waals surface area contributed by atoms with Crippen molar-refractivity contribution in [2.24, 2.45) is 0 Å². The summed E-state index contributed by atoms with van der Waals surface area (Å²) in [6, 6.07) is 1.36. The normalized spacial score (nSPS) is 10.1. The lowest BCUT2D eigenvalue weighted by Gasteiger charge is -2.03. The Morgan fingerprint density at radius 3 is 2.93 bits per heavy atom. The summed E-state index contributed by atoms with van der Waals surface area (Å²) in [6.45, 7) is 2.60. The van der Waals surface area contributed by atoms with E-state index in [1.54, 1.807) is 0 Å². The van der Waals surface area contributed by atoms with Crippen LogP contribution in [-0.2, 0) is 5.88 Å². The van der Waals surface area contributed by atoms with Crippen LogP contribution in [0.4, 0.5) is 0 Å². The van der Waals surface area contributed by atoms with Gasteiger partial charge in [-0.3, -0.25) is 4.79 Å². The molecule has 0 aliphatic heterocycles. The Bertz CT molecular complexity index is 332. The van der Waals surface area contributed by atoms with E-state index in [-0.39, 0.29) is 17.1 Å².